The Labute approximate surface area is 150 Å². The first-order chi connectivity index (χ1) is 12.7. The zero-order chi connectivity index (χ0) is 18.1. The lowest BCUT2D eigenvalue weighted by molar-refractivity contribution is 0.0855. The molecule has 7 nitrogen and oxygen atoms in total. The average molecular weight is 349 g/mol. The van der Waals surface area contributed by atoms with Crippen molar-refractivity contribution in [3.8, 4) is 17.1 Å². The van der Waals surface area contributed by atoms with Crippen LogP contribution in [0.2, 0.25) is 0 Å². The summed E-state index contributed by atoms with van der Waals surface area (Å²) in [6.45, 7) is 0. The van der Waals surface area contributed by atoms with Gasteiger partial charge in [-0.2, -0.15) is 9.67 Å². The molecule has 0 saturated carbocycles. The van der Waals surface area contributed by atoms with E-state index in [4.69, 9.17) is 10.5 Å². The number of nitrogens with zero attached hydrogens (tertiary/aromatic N) is 4. The molecule has 0 bridgehead atoms. The van der Waals surface area contributed by atoms with E-state index in [0.717, 1.165) is 36.1 Å². The van der Waals surface area contributed by atoms with Crippen LogP contribution in [0.1, 0.15) is 34.7 Å². The van der Waals surface area contributed by atoms with Gasteiger partial charge in [0.15, 0.2) is 5.82 Å². The van der Waals surface area contributed by atoms with Gasteiger partial charge in [-0.05, 0) is 54.7 Å². The number of methoxy groups -OCH3 is 1. The molecule has 2 N–H and O–H groups in total. The zero-order valence-corrected chi connectivity index (χ0v) is 14.4. The molecule has 0 amide bonds. The molecule has 7 heteroatoms. The van der Waals surface area contributed by atoms with Gasteiger partial charge in [0.1, 0.15) is 5.75 Å². The lowest BCUT2D eigenvalue weighted by Gasteiger charge is -2.24. The molecule has 4 rings (SSSR count). The Hall–Kier alpha value is -3.22. The van der Waals surface area contributed by atoms with Crippen LogP contribution in [0.25, 0.3) is 11.4 Å². The maximum absolute atomic E-state index is 13.2. The zero-order valence-electron chi connectivity index (χ0n) is 14.4. The summed E-state index contributed by atoms with van der Waals surface area (Å²) in [4.78, 5) is 21.4. The van der Waals surface area contributed by atoms with E-state index in [9.17, 15) is 4.79 Å². The quantitative estimate of drug-likeness (QED) is 0.781. The molecule has 1 aromatic carbocycles. The summed E-state index contributed by atoms with van der Waals surface area (Å²) in [5, 5.41) is 4.34. The van der Waals surface area contributed by atoms with Gasteiger partial charge in [-0.1, -0.05) is 6.07 Å². The number of nitrogens with two attached hydrogens (primary N) is 1. The van der Waals surface area contributed by atoms with Crippen molar-refractivity contribution in [3.05, 3.63) is 53.9 Å². The third-order valence-electron chi connectivity index (χ3n) is 4.74. The van der Waals surface area contributed by atoms with E-state index in [1.54, 1.807) is 31.6 Å². The number of ether oxygens (including phenoxy) is 1. The number of aryl methyl sites for hydroxylation is 1. The summed E-state index contributed by atoms with van der Waals surface area (Å²) in [7, 11) is 1.62. The standard InChI is InChI=1S/C19H19N5O2/c1-26-14-6-5-12-3-2-4-15(16(12)11-14)18(25)24-19(20)22-17(23-24)13-7-9-21-10-8-13/h5-11,15H,2-4H2,1H3,(H2,20,22,23). The van der Waals surface area contributed by atoms with Gasteiger partial charge in [-0.25, -0.2) is 0 Å². The van der Waals surface area contributed by atoms with Crippen molar-refractivity contribution in [1.29, 1.82) is 0 Å². The molecule has 0 saturated heterocycles. The van der Waals surface area contributed by atoms with Crippen molar-refractivity contribution in [2.45, 2.75) is 25.2 Å². The Balaban J connectivity index is 1.71. The molecule has 2 heterocycles. The first-order valence-electron chi connectivity index (χ1n) is 8.51. The summed E-state index contributed by atoms with van der Waals surface area (Å²) >= 11 is 0. The average Bonchev–Trinajstić information content (AvgIpc) is 3.09. The fraction of sp³-hybridized carbons (Fsp3) is 0.263. The Morgan fingerprint density at radius 3 is 2.85 bits per heavy atom. The second-order valence-electron chi connectivity index (χ2n) is 6.29. The third kappa shape index (κ3) is 2.81. The van der Waals surface area contributed by atoms with E-state index in [-0.39, 0.29) is 17.8 Å². The molecule has 3 aromatic rings. The number of carbonyl (C=O) groups excluding carboxylic acids is 1. The minimum absolute atomic E-state index is 0.0943. The van der Waals surface area contributed by atoms with Crippen molar-refractivity contribution >= 4 is 11.9 Å². The van der Waals surface area contributed by atoms with Crippen molar-refractivity contribution < 1.29 is 9.53 Å². The van der Waals surface area contributed by atoms with E-state index >= 15 is 0 Å². The summed E-state index contributed by atoms with van der Waals surface area (Å²) < 4.78 is 6.54. The molecule has 132 valence electrons. The summed E-state index contributed by atoms with van der Waals surface area (Å²) in [5.41, 5.74) is 8.91. The fourth-order valence-electron chi connectivity index (χ4n) is 3.42. The van der Waals surface area contributed by atoms with Crippen LogP contribution in [-0.4, -0.2) is 32.8 Å². The predicted octanol–water partition coefficient (Wildman–Crippen LogP) is 2.69. The smallest absolute Gasteiger partial charge is 0.257 e. The maximum Gasteiger partial charge on any atom is 0.257 e. The van der Waals surface area contributed by atoms with Gasteiger partial charge in [0, 0.05) is 18.0 Å². The Bertz CT molecular complexity index is 952. The molecular weight excluding hydrogens is 330 g/mol. The molecule has 0 aliphatic heterocycles. The first kappa shape index (κ1) is 16.3. The van der Waals surface area contributed by atoms with Gasteiger partial charge in [-0.15, -0.1) is 5.10 Å². The van der Waals surface area contributed by atoms with Crippen LogP contribution in [0, 0.1) is 0 Å². The second kappa shape index (κ2) is 6.59. The highest BCUT2D eigenvalue weighted by Crippen LogP contribution is 2.35. The number of carbonyl (C=O) groups is 1. The van der Waals surface area contributed by atoms with Crippen LogP contribution in [0.15, 0.2) is 42.7 Å². The number of benzene rings is 1. The largest absolute Gasteiger partial charge is 0.497 e. The van der Waals surface area contributed by atoms with E-state index in [1.165, 1.54) is 10.2 Å². The lowest BCUT2D eigenvalue weighted by Crippen LogP contribution is -2.26. The van der Waals surface area contributed by atoms with Crippen LogP contribution in [0.5, 0.6) is 5.75 Å². The van der Waals surface area contributed by atoms with Gasteiger partial charge in [-0.3, -0.25) is 9.78 Å². The van der Waals surface area contributed by atoms with Gasteiger partial charge >= 0.3 is 0 Å². The number of fused-ring (bicyclic) bond motifs is 1. The van der Waals surface area contributed by atoms with Gasteiger partial charge in [0.2, 0.25) is 5.95 Å². The number of hydrogen-bond acceptors (Lipinski definition) is 6. The Morgan fingerprint density at radius 2 is 2.08 bits per heavy atom. The van der Waals surface area contributed by atoms with E-state index in [2.05, 4.69) is 15.1 Å². The highest BCUT2D eigenvalue weighted by molar-refractivity contribution is 5.88. The number of nitrogen functional groups attached to an aromatic ring is 1. The van der Waals surface area contributed by atoms with Gasteiger partial charge in [0.05, 0.1) is 13.0 Å². The SMILES string of the molecule is COc1ccc2c(c1)C(C(=O)n1nc(-c3ccncc3)nc1N)CCC2. The molecule has 0 radical (unpaired) electrons. The molecule has 1 atom stereocenters. The third-order valence-corrected chi connectivity index (χ3v) is 4.74. The number of aromatic nitrogens is 4. The first-order valence-corrected chi connectivity index (χ1v) is 8.51. The molecule has 0 spiro atoms. The van der Waals surface area contributed by atoms with Gasteiger partial charge in [0.25, 0.3) is 5.91 Å². The van der Waals surface area contributed by atoms with E-state index in [0.29, 0.717) is 5.82 Å². The fourth-order valence-corrected chi connectivity index (χ4v) is 3.42. The highest BCUT2D eigenvalue weighted by atomic mass is 16.5. The maximum atomic E-state index is 13.2. The molecule has 2 aromatic heterocycles. The Kier molecular flexibility index (Phi) is 4.12. The van der Waals surface area contributed by atoms with Gasteiger partial charge < -0.3 is 10.5 Å². The molecule has 1 aliphatic rings. The Morgan fingerprint density at radius 1 is 1.27 bits per heavy atom. The molecule has 1 aliphatic carbocycles. The minimum Gasteiger partial charge on any atom is -0.497 e. The summed E-state index contributed by atoms with van der Waals surface area (Å²) in [5.74, 6) is 0.789. The van der Waals surface area contributed by atoms with Crippen LogP contribution >= 0.6 is 0 Å². The summed E-state index contributed by atoms with van der Waals surface area (Å²) in [6, 6.07) is 9.46. The topological polar surface area (TPSA) is 95.9 Å². The number of hydrogen-bond donors (Lipinski definition) is 1. The predicted molar refractivity (Wildman–Crippen MR) is 97.0 cm³/mol. The number of rotatable bonds is 3. The van der Waals surface area contributed by atoms with Crippen molar-refractivity contribution in [2.24, 2.45) is 0 Å². The highest BCUT2D eigenvalue weighted by Gasteiger charge is 2.30. The summed E-state index contributed by atoms with van der Waals surface area (Å²) in [6.07, 6.45) is 5.96. The minimum atomic E-state index is -0.303. The number of anilines is 1. The van der Waals surface area contributed by atoms with Crippen molar-refractivity contribution in [2.75, 3.05) is 12.8 Å². The van der Waals surface area contributed by atoms with Crippen LogP contribution < -0.4 is 10.5 Å². The monoisotopic (exact) mass is 349 g/mol. The second-order valence-corrected chi connectivity index (χ2v) is 6.29. The lowest BCUT2D eigenvalue weighted by atomic mass is 9.82. The molecule has 0 fully saturated rings. The molecular formula is C19H19N5O2. The van der Waals surface area contributed by atoms with Crippen molar-refractivity contribution in [3.63, 3.8) is 0 Å². The normalized spacial score (nSPS) is 16.1. The van der Waals surface area contributed by atoms with Crippen LogP contribution in [-0.2, 0) is 6.42 Å². The van der Waals surface area contributed by atoms with Crippen LogP contribution in [0.3, 0.4) is 0 Å². The van der Waals surface area contributed by atoms with E-state index < -0.39 is 0 Å². The molecule has 1 unspecified atom stereocenters. The number of pyridine rings is 1. The molecule has 26 heavy (non-hydrogen) atoms. The van der Waals surface area contributed by atoms with Crippen LogP contribution in [0.4, 0.5) is 5.95 Å². The van der Waals surface area contributed by atoms with Crippen molar-refractivity contribution in [1.82, 2.24) is 19.7 Å². The van der Waals surface area contributed by atoms with E-state index in [1.807, 2.05) is 18.2 Å².